The zero-order chi connectivity index (χ0) is 13.4. The van der Waals surface area contributed by atoms with Gasteiger partial charge in [0.1, 0.15) is 22.5 Å². The van der Waals surface area contributed by atoms with Gasteiger partial charge < -0.3 is 10.8 Å². The minimum atomic E-state index is 0.0383. The van der Waals surface area contributed by atoms with Gasteiger partial charge in [-0.25, -0.2) is 0 Å². The molecule has 1 aromatic heterocycles. The van der Waals surface area contributed by atoms with Gasteiger partial charge in [-0.2, -0.15) is 0 Å². The molecule has 19 heavy (non-hydrogen) atoms. The summed E-state index contributed by atoms with van der Waals surface area (Å²) in [6.07, 6.45) is 0. The first-order valence-electron chi connectivity index (χ1n) is 5.48. The van der Waals surface area contributed by atoms with E-state index in [1.165, 1.54) is 10.9 Å². The molecule has 0 spiro atoms. The molecule has 7 nitrogen and oxygen atoms in total. The summed E-state index contributed by atoms with van der Waals surface area (Å²) in [6, 6.07) is 9.81. The quantitative estimate of drug-likeness (QED) is 0.538. The fourth-order valence-electron chi connectivity index (χ4n) is 1.82. The molecule has 0 bridgehead atoms. The number of benzene rings is 2. The van der Waals surface area contributed by atoms with E-state index in [4.69, 9.17) is 5.73 Å². The molecule has 0 saturated heterocycles. The molecule has 0 aliphatic heterocycles. The summed E-state index contributed by atoms with van der Waals surface area (Å²) in [5, 5.41) is 21.0. The van der Waals surface area contributed by atoms with Gasteiger partial charge in [-0.15, -0.1) is 19.9 Å². The fourth-order valence-corrected chi connectivity index (χ4v) is 1.82. The zero-order valence-corrected chi connectivity index (χ0v) is 9.69. The molecule has 3 N–H and O–H groups in total. The number of rotatable bonds is 2. The summed E-state index contributed by atoms with van der Waals surface area (Å²) in [5.74, 6) is 0.0383. The summed E-state index contributed by atoms with van der Waals surface area (Å²) in [6.45, 7) is 0. The summed E-state index contributed by atoms with van der Waals surface area (Å²) in [4.78, 5) is 12.0. The van der Waals surface area contributed by atoms with Crippen molar-refractivity contribution in [1.82, 2.24) is 15.0 Å². The number of phenolic OH excluding ortho intramolecular Hbond substituents is 1. The van der Waals surface area contributed by atoms with Crippen LogP contribution in [0.3, 0.4) is 0 Å². The number of fused-ring (bicyclic) bond motifs is 1. The van der Waals surface area contributed by atoms with Crippen LogP contribution in [-0.2, 0) is 0 Å². The molecule has 0 saturated carbocycles. The van der Waals surface area contributed by atoms with Crippen LogP contribution in [0.5, 0.6) is 5.75 Å². The molecule has 0 unspecified atom stereocenters. The Morgan fingerprint density at radius 1 is 1.16 bits per heavy atom. The molecule has 0 aliphatic carbocycles. The first-order chi connectivity index (χ1) is 9.20. The number of aromatic nitrogens is 3. The zero-order valence-electron chi connectivity index (χ0n) is 9.69. The van der Waals surface area contributed by atoms with Crippen LogP contribution in [0.15, 0.2) is 41.6 Å². The molecule has 0 radical (unpaired) electrons. The average molecular weight is 255 g/mol. The Morgan fingerprint density at radius 3 is 2.68 bits per heavy atom. The first kappa shape index (κ1) is 11.1. The molecule has 2 aromatic carbocycles. The van der Waals surface area contributed by atoms with Crippen molar-refractivity contribution in [1.29, 1.82) is 0 Å². The minimum absolute atomic E-state index is 0.0383. The van der Waals surface area contributed by atoms with Gasteiger partial charge in [-0.1, -0.05) is 12.1 Å². The molecule has 3 aromatic rings. The van der Waals surface area contributed by atoms with E-state index in [2.05, 4.69) is 15.4 Å². The van der Waals surface area contributed by atoms with Crippen molar-refractivity contribution < 1.29 is 5.11 Å². The number of phenols is 1. The van der Waals surface area contributed by atoms with Crippen LogP contribution >= 0.6 is 0 Å². The van der Waals surface area contributed by atoms with Gasteiger partial charge in [0.2, 0.25) is 0 Å². The Hall–Kier alpha value is -2.96. The molecule has 0 aliphatic rings. The number of anilines is 1. The van der Waals surface area contributed by atoms with Crippen LogP contribution in [0.4, 0.5) is 11.4 Å². The Morgan fingerprint density at radius 2 is 1.95 bits per heavy atom. The lowest BCUT2D eigenvalue weighted by Crippen LogP contribution is -1.98. The summed E-state index contributed by atoms with van der Waals surface area (Å²) in [7, 11) is 0. The maximum absolute atomic E-state index is 10.8. The first-order valence-corrected chi connectivity index (χ1v) is 5.48. The van der Waals surface area contributed by atoms with E-state index in [1.807, 2.05) is 0 Å². The lowest BCUT2D eigenvalue weighted by Gasteiger charge is -2.00. The SMILES string of the molecule is Nc1ccc2nn(-c3ccccc3O)nc2c1N=O. The monoisotopic (exact) mass is 255 g/mol. The van der Waals surface area contributed by atoms with Crippen molar-refractivity contribution in [2.45, 2.75) is 0 Å². The molecular weight excluding hydrogens is 246 g/mol. The van der Waals surface area contributed by atoms with Crippen molar-refractivity contribution >= 4 is 22.4 Å². The standard InChI is InChI=1S/C12H9N5O2/c13-7-5-6-8-12(11(7)16-19)15-17(14-8)9-3-1-2-4-10(9)18/h1-6,18H,13H2. The van der Waals surface area contributed by atoms with Crippen LogP contribution in [0.1, 0.15) is 0 Å². The molecule has 3 rings (SSSR count). The summed E-state index contributed by atoms with van der Waals surface area (Å²) < 4.78 is 0. The molecule has 94 valence electrons. The third-order valence-corrected chi connectivity index (χ3v) is 2.75. The maximum atomic E-state index is 10.8. The van der Waals surface area contributed by atoms with Crippen LogP contribution in [0.25, 0.3) is 16.7 Å². The van der Waals surface area contributed by atoms with E-state index >= 15 is 0 Å². The lowest BCUT2D eigenvalue weighted by molar-refractivity contribution is 0.468. The van der Waals surface area contributed by atoms with Gasteiger partial charge in [0.05, 0.1) is 5.69 Å². The van der Waals surface area contributed by atoms with Crippen molar-refractivity contribution in [3.63, 3.8) is 0 Å². The van der Waals surface area contributed by atoms with Crippen molar-refractivity contribution in [2.24, 2.45) is 5.18 Å². The number of aromatic hydroxyl groups is 1. The number of nitrogen functional groups attached to an aromatic ring is 1. The molecule has 0 fully saturated rings. The third-order valence-electron chi connectivity index (χ3n) is 2.75. The average Bonchev–Trinajstić information content (AvgIpc) is 2.83. The second-order valence-electron chi connectivity index (χ2n) is 3.94. The Balaban J connectivity index is 2.28. The van der Waals surface area contributed by atoms with Crippen LogP contribution < -0.4 is 5.73 Å². The second-order valence-corrected chi connectivity index (χ2v) is 3.94. The normalized spacial score (nSPS) is 10.7. The number of hydrogen-bond donors (Lipinski definition) is 2. The van der Waals surface area contributed by atoms with E-state index in [0.717, 1.165) is 0 Å². The van der Waals surface area contributed by atoms with Crippen molar-refractivity contribution in [2.75, 3.05) is 5.73 Å². The van der Waals surface area contributed by atoms with Crippen LogP contribution in [-0.4, -0.2) is 20.1 Å². The highest BCUT2D eigenvalue weighted by atomic mass is 16.3. The van der Waals surface area contributed by atoms with E-state index in [0.29, 0.717) is 16.7 Å². The fraction of sp³-hybridized carbons (Fsp3) is 0. The van der Waals surface area contributed by atoms with E-state index in [9.17, 15) is 10.0 Å². The Bertz CT molecular complexity index is 781. The maximum Gasteiger partial charge on any atom is 0.160 e. The predicted octanol–water partition coefficient (Wildman–Crippen LogP) is 2.11. The number of para-hydroxylation sites is 2. The Labute approximate surface area is 107 Å². The molecule has 0 atom stereocenters. The van der Waals surface area contributed by atoms with Crippen molar-refractivity contribution in [3.8, 4) is 11.4 Å². The van der Waals surface area contributed by atoms with Gasteiger partial charge >= 0.3 is 0 Å². The molecule has 7 heteroatoms. The van der Waals surface area contributed by atoms with E-state index < -0.39 is 0 Å². The van der Waals surface area contributed by atoms with E-state index in [1.54, 1.807) is 30.3 Å². The molecule has 1 heterocycles. The second kappa shape index (κ2) is 4.05. The number of nitroso groups, excluding NO2 is 1. The highest BCUT2D eigenvalue weighted by Crippen LogP contribution is 2.30. The van der Waals surface area contributed by atoms with Crippen molar-refractivity contribution in [3.05, 3.63) is 41.3 Å². The highest BCUT2D eigenvalue weighted by molar-refractivity contribution is 5.92. The molecular formula is C12H9N5O2. The number of nitrogens with two attached hydrogens (primary N) is 1. The summed E-state index contributed by atoms with van der Waals surface area (Å²) >= 11 is 0. The van der Waals surface area contributed by atoms with Crippen LogP contribution in [0, 0.1) is 4.91 Å². The Kier molecular flexibility index (Phi) is 2.38. The van der Waals surface area contributed by atoms with Gasteiger partial charge in [0.25, 0.3) is 0 Å². The number of nitrogens with zero attached hydrogens (tertiary/aromatic N) is 4. The van der Waals surface area contributed by atoms with Gasteiger partial charge in [-0.05, 0) is 29.4 Å². The smallest absolute Gasteiger partial charge is 0.160 e. The summed E-state index contributed by atoms with van der Waals surface area (Å²) in [5.41, 5.74) is 7.15. The van der Waals surface area contributed by atoms with Gasteiger partial charge in [0, 0.05) is 0 Å². The van der Waals surface area contributed by atoms with Gasteiger partial charge in [-0.3, -0.25) is 0 Å². The predicted molar refractivity (Wildman–Crippen MR) is 70.4 cm³/mol. The third kappa shape index (κ3) is 1.68. The highest BCUT2D eigenvalue weighted by Gasteiger charge is 2.13. The number of hydrogen-bond acceptors (Lipinski definition) is 6. The van der Waals surface area contributed by atoms with E-state index in [-0.39, 0.29) is 17.1 Å². The van der Waals surface area contributed by atoms with Gasteiger partial charge in [0.15, 0.2) is 5.69 Å². The van der Waals surface area contributed by atoms with Crippen LogP contribution in [0.2, 0.25) is 0 Å². The molecule has 0 amide bonds. The topological polar surface area (TPSA) is 106 Å². The lowest BCUT2D eigenvalue weighted by atomic mass is 10.2. The largest absolute Gasteiger partial charge is 0.506 e. The minimum Gasteiger partial charge on any atom is -0.506 e.